The lowest BCUT2D eigenvalue weighted by molar-refractivity contribution is 0.0792. The van der Waals surface area contributed by atoms with Crippen molar-refractivity contribution in [3.8, 4) is 22.0 Å². The monoisotopic (exact) mass is 407 g/mol. The van der Waals surface area contributed by atoms with Crippen molar-refractivity contribution in [2.24, 2.45) is 5.92 Å². The van der Waals surface area contributed by atoms with Gasteiger partial charge in [0.2, 0.25) is 0 Å². The number of carbonyl (C=O) groups excluding carboxylic acids is 1. The lowest BCUT2D eigenvalue weighted by Gasteiger charge is -2.16. The first-order chi connectivity index (χ1) is 14.0. The summed E-state index contributed by atoms with van der Waals surface area (Å²) in [4.78, 5) is 20.0. The van der Waals surface area contributed by atoms with E-state index in [0.29, 0.717) is 5.92 Å². The Balaban J connectivity index is 1.72. The lowest BCUT2D eigenvalue weighted by Crippen LogP contribution is -2.28. The second-order valence-corrected chi connectivity index (χ2v) is 9.12. The largest absolute Gasteiger partial charge is 0.343 e. The van der Waals surface area contributed by atoms with Crippen LogP contribution in [0.3, 0.4) is 0 Å². The Hall–Kier alpha value is -2.40. The summed E-state index contributed by atoms with van der Waals surface area (Å²) >= 11 is 1.66. The molecule has 152 valence electrons. The van der Waals surface area contributed by atoms with E-state index in [4.69, 9.17) is 4.98 Å². The van der Waals surface area contributed by atoms with Crippen molar-refractivity contribution >= 4 is 17.2 Å². The molecule has 0 aliphatic carbocycles. The molecular weight excluding hydrogens is 378 g/mol. The quantitative estimate of drug-likeness (QED) is 0.512. The van der Waals surface area contributed by atoms with E-state index in [1.165, 1.54) is 0 Å². The third-order valence-electron chi connectivity index (χ3n) is 5.71. The van der Waals surface area contributed by atoms with Gasteiger partial charge < -0.3 is 9.47 Å². The van der Waals surface area contributed by atoms with Crippen LogP contribution in [0, 0.1) is 12.8 Å². The third kappa shape index (κ3) is 4.15. The number of carbonyl (C=O) groups is 1. The van der Waals surface area contributed by atoms with Gasteiger partial charge in [-0.2, -0.15) is 0 Å². The van der Waals surface area contributed by atoms with Gasteiger partial charge in [0.1, 0.15) is 5.01 Å². The second-order valence-electron chi connectivity index (χ2n) is 8.27. The normalized spacial score (nSPS) is 14.1. The molecule has 0 spiro atoms. The maximum Gasteiger partial charge on any atom is 0.255 e. The zero-order valence-corrected chi connectivity index (χ0v) is 18.3. The van der Waals surface area contributed by atoms with E-state index in [2.05, 4.69) is 48.9 Å². The number of hydrogen-bond donors (Lipinski definition) is 0. The summed E-state index contributed by atoms with van der Waals surface area (Å²) in [6.45, 7) is 9.22. The molecule has 4 rings (SSSR count). The molecule has 0 bridgehead atoms. The number of hydrogen-bond acceptors (Lipinski definition) is 3. The van der Waals surface area contributed by atoms with Crippen LogP contribution in [-0.2, 0) is 6.54 Å². The molecule has 3 heterocycles. The van der Waals surface area contributed by atoms with E-state index in [1.807, 2.05) is 23.1 Å². The molecule has 29 heavy (non-hydrogen) atoms. The minimum Gasteiger partial charge on any atom is -0.343 e. The highest BCUT2D eigenvalue weighted by Gasteiger charge is 2.25. The van der Waals surface area contributed by atoms with Crippen LogP contribution in [0.15, 0.2) is 41.8 Å². The van der Waals surface area contributed by atoms with Gasteiger partial charge in [0.15, 0.2) is 0 Å². The number of thiazole rings is 1. The highest BCUT2D eigenvalue weighted by molar-refractivity contribution is 7.13. The molecule has 5 heteroatoms. The van der Waals surface area contributed by atoms with Gasteiger partial charge in [0.05, 0.1) is 17.0 Å². The molecule has 0 unspecified atom stereocenters. The van der Waals surface area contributed by atoms with Gasteiger partial charge >= 0.3 is 0 Å². The van der Waals surface area contributed by atoms with Gasteiger partial charge in [0.25, 0.3) is 5.91 Å². The molecule has 1 aliphatic rings. The predicted octanol–water partition coefficient (Wildman–Crippen LogP) is 5.87. The average Bonchev–Trinajstić information content (AvgIpc) is 3.47. The Morgan fingerprint density at radius 3 is 2.59 bits per heavy atom. The van der Waals surface area contributed by atoms with Crippen molar-refractivity contribution in [2.45, 2.75) is 46.6 Å². The number of likely N-dealkylation sites (tertiary alicyclic amines) is 1. The van der Waals surface area contributed by atoms with Crippen LogP contribution in [0.2, 0.25) is 0 Å². The number of aromatic nitrogens is 2. The molecule has 1 fully saturated rings. The van der Waals surface area contributed by atoms with Crippen LogP contribution in [-0.4, -0.2) is 33.4 Å². The topological polar surface area (TPSA) is 38.1 Å². The maximum atomic E-state index is 13.1. The molecule has 0 atom stereocenters. The molecule has 0 saturated carbocycles. The SMILES string of the molecule is Cc1c(C(=O)N2CCCC2)cc(-c2csc(-c3ccccc3)n2)n1CCC(C)C. The molecular formula is C24H29N3OS. The summed E-state index contributed by atoms with van der Waals surface area (Å²) in [7, 11) is 0. The van der Waals surface area contributed by atoms with Gasteiger partial charge in [-0.25, -0.2) is 4.98 Å². The van der Waals surface area contributed by atoms with E-state index >= 15 is 0 Å². The van der Waals surface area contributed by atoms with Gasteiger partial charge in [-0.15, -0.1) is 11.3 Å². The Bertz CT molecular complexity index is 981. The summed E-state index contributed by atoms with van der Waals surface area (Å²) in [5.41, 5.74) is 5.05. The Morgan fingerprint density at radius 1 is 1.17 bits per heavy atom. The molecule has 1 aliphatic heterocycles. The van der Waals surface area contributed by atoms with E-state index < -0.39 is 0 Å². The van der Waals surface area contributed by atoms with Crippen molar-refractivity contribution in [3.63, 3.8) is 0 Å². The maximum absolute atomic E-state index is 13.1. The van der Waals surface area contributed by atoms with E-state index in [-0.39, 0.29) is 5.91 Å². The summed E-state index contributed by atoms with van der Waals surface area (Å²) < 4.78 is 2.30. The van der Waals surface area contributed by atoms with Crippen molar-refractivity contribution in [3.05, 3.63) is 53.0 Å². The molecule has 4 nitrogen and oxygen atoms in total. The fourth-order valence-corrected chi connectivity index (χ4v) is 4.76. The van der Waals surface area contributed by atoms with Crippen LogP contribution in [0.4, 0.5) is 0 Å². The summed E-state index contributed by atoms with van der Waals surface area (Å²) in [6.07, 6.45) is 3.30. The highest BCUT2D eigenvalue weighted by Crippen LogP contribution is 2.32. The molecule has 0 N–H and O–H groups in total. The highest BCUT2D eigenvalue weighted by atomic mass is 32.1. The van der Waals surface area contributed by atoms with E-state index in [0.717, 1.165) is 72.1 Å². The summed E-state index contributed by atoms with van der Waals surface area (Å²) in [5, 5.41) is 3.13. The molecule has 3 aromatic rings. The van der Waals surface area contributed by atoms with Gasteiger partial charge in [-0.05, 0) is 38.2 Å². The number of rotatable bonds is 6. The first-order valence-corrected chi connectivity index (χ1v) is 11.4. The van der Waals surface area contributed by atoms with Crippen LogP contribution in [0.1, 0.15) is 49.2 Å². The van der Waals surface area contributed by atoms with Crippen molar-refractivity contribution in [2.75, 3.05) is 13.1 Å². The number of nitrogens with zero attached hydrogens (tertiary/aromatic N) is 3. The second kappa shape index (κ2) is 8.54. The molecule has 2 aromatic heterocycles. The minimum absolute atomic E-state index is 0.169. The first kappa shape index (κ1) is 19.9. The van der Waals surface area contributed by atoms with Gasteiger partial charge in [-0.1, -0.05) is 44.2 Å². The Kier molecular flexibility index (Phi) is 5.86. The van der Waals surface area contributed by atoms with Crippen molar-refractivity contribution < 1.29 is 4.79 Å². The lowest BCUT2D eigenvalue weighted by atomic mass is 10.1. The summed E-state index contributed by atoms with van der Waals surface area (Å²) in [6, 6.07) is 12.4. The van der Waals surface area contributed by atoms with E-state index in [1.54, 1.807) is 11.3 Å². The third-order valence-corrected chi connectivity index (χ3v) is 6.60. The van der Waals surface area contributed by atoms with Crippen LogP contribution in [0.25, 0.3) is 22.0 Å². The standard InChI is InChI=1S/C24H29N3OS/c1-17(2)11-14-27-18(3)20(24(28)26-12-7-8-13-26)15-22(27)21-16-29-23(25-21)19-9-5-4-6-10-19/h4-6,9-10,15-17H,7-8,11-14H2,1-3H3. The van der Waals surface area contributed by atoms with Crippen LogP contribution >= 0.6 is 11.3 Å². The van der Waals surface area contributed by atoms with Crippen LogP contribution < -0.4 is 0 Å². The zero-order chi connectivity index (χ0) is 20.4. The predicted molar refractivity (Wildman–Crippen MR) is 120 cm³/mol. The molecule has 1 aromatic carbocycles. The van der Waals surface area contributed by atoms with Crippen molar-refractivity contribution in [1.29, 1.82) is 0 Å². The molecule has 1 amide bonds. The Labute approximate surface area is 177 Å². The smallest absolute Gasteiger partial charge is 0.255 e. The zero-order valence-electron chi connectivity index (χ0n) is 17.5. The average molecular weight is 408 g/mol. The fourth-order valence-electron chi connectivity index (χ4n) is 3.94. The van der Waals surface area contributed by atoms with Crippen LogP contribution in [0.5, 0.6) is 0 Å². The fraction of sp³-hybridized carbons (Fsp3) is 0.417. The van der Waals surface area contributed by atoms with E-state index in [9.17, 15) is 4.79 Å². The number of amides is 1. The van der Waals surface area contributed by atoms with Gasteiger partial charge in [0, 0.05) is 36.3 Å². The van der Waals surface area contributed by atoms with Crippen molar-refractivity contribution in [1.82, 2.24) is 14.5 Å². The molecule has 0 radical (unpaired) electrons. The first-order valence-electron chi connectivity index (χ1n) is 10.6. The molecule has 1 saturated heterocycles. The van der Waals surface area contributed by atoms with Gasteiger partial charge in [-0.3, -0.25) is 4.79 Å². The Morgan fingerprint density at radius 2 is 1.90 bits per heavy atom. The minimum atomic E-state index is 0.169. The summed E-state index contributed by atoms with van der Waals surface area (Å²) in [5.74, 6) is 0.778. The number of benzene rings is 1.